The van der Waals surface area contributed by atoms with E-state index >= 15 is 0 Å². The minimum Gasteiger partial charge on any atom is -0.507 e. The molecule has 1 saturated heterocycles. The van der Waals surface area contributed by atoms with E-state index in [0.29, 0.717) is 16.4 Å². The summed E-state index contributed by atoms with van der Waals surface area (Å²) in [5.74, 6) is -0.365. The van der Waals surface area contributed by atoms with Crippen molar-refractivity contribution >= 4 is 27.8 Å². The number of carbonyl (C=O) groups excluding carboxylic acids is 2. The molecule has 0 aromatic heterocycles. The van der Waals surface area contributed by atoms with E-state index < -0.39 is 5.97 Å². The van der Waals surface area contributed by atoms with Gasteiger partial charge in [-0.3, -0.25) is 4.79 Å². The lowest BCUT2D eigenvalue weighted by atomic mass is 9.78. The first-order valence-corrected chi connectivity index (χ1v) is 9.30. The van der Waals surface area contributed by atoms with Crippen LogP contribution in [0.5, 0.6) is 5.75 Å². The van der Waals surface area contributed by atoms with Crippen LogP contribution in [0.2, 0.25) is 0 Å². The van der Waals surface area contributed by atoms with E-state index in [2.05, 4.69) is 15.9 Å². The molecule has 24 heavy (non-hydrogen) atoms. The van der Waals surface area contributed by atoms with Gasteiger partial charge in [0.2, 0.25) is 0 Å². The number of hydrogen-bond donors (Lipinski definition) is 1. The van der Waals surface area contributed by atoms with Crippen LogP contribution in [0.1, 0.15) is 48.9 Å². The standard InChI is InChI=1S/C18H22BrNO4/c19-13-7-8-16(21)14(10-13)18(23)24-11-17(22)20-9-3-5-12-4-1-2-6-15(12)20/h7-8,10,12,15,21H,1-6,9,11H2/t12-,15+/m1/s1. The smallest absolute Gasteiger partial charge is 0.342 e. The number of halogens is 1. The van der Waals surface area contributed by atoms with E-state index in [1.54, 1.807) is 6.07 Å². The zero-order valence-electron chi connectivity index (χ0n) is 13.5. The molecule has 1 N–H and O–H groups in total. The fourth-order valence-electron chi connectivity index (χ4n) is 3.89. The predicted octanol–water partition coefficient (Wildman–Crippen LogP) is 3.49. The molecule has 1 aliphatic carbocycles. The van der Waals surface area contributed by atoms with E-state index in [1.165, 1.54) is 31.4 Å². The lowest BCUT2D eigenvalue weighted by molar-refractivity contribution is -0.140. The summed E-state index contributed by atoms with van der Waals surface area (Å²) in [7, 11) is 0. The minimum atomic E-state index is -0.681. The fourth-order valence-corrected chi connectivity index (χ4v) is 4.26. The number of rotatable bonds is 3. The number of fused-ring (bicyclic) bond motifs is 1. The van der Waals surface area contributed by atoms with E-state index in [1.807, 2.05) is 4.90 Å². The molecule has 0 radical (unpaired) electrons. The summed E-state index contributed by atoms with van der Waals surface area (Å²) in [6, 6.07) is 4.84. The van der Waals surface area contributed by atoms with Gasteiger partial charge in [-0.2, -0.15) is 0 Å². The van der Waals surface area contributed by atoms with Crippen molar-refractivity contribution in [3.8, 4) is 5.75 Å². The Hall–Kier alpha value is -1.56. The Morgan fingerprint density at radius 3 is 2.79 bits per heavy atom. The second-order valence-electron chi connectivity index (χ2n) is 6.58. The fraction of sp³-hybridized carbons (Fsp3) is 0.556. The van der Waals surface area contributed by atoms with Crippen LogP contribution in [0, 0.1) is 5.92 Å². The molecule has 2 aliphatic rings. The highest BCUT2D eigenvalue weighted by atomic mass is 79.9. The molecule has 3 rings (SSSR count). The van der Waals surface area contributed by atoms with Crippen LogP contribution in [-0.2, 0) is 9.53 Å². The average molecular weight is 396 g/mol. The van der Waals surface area contributed by atoms with E-state index in [9.17, 15) is 14.7 Å². The molecule has 130 valence electrons. The number of aromatic hydroxyl groups is 1. The van der Waals surface area contributed by atoms with Crippen molar-refractivity contribution in [3.05, 3.63) is 28.2 Å². The molecular formula is C18H22BrNO4. The second-order valence-corrected chi connectivity index (χ2v) is 7.49. The molecule has 1 amide bonds. The Balaban J connectivity index is 1.60. The number of nitrogens with zero attached hydrogens (tertiary/aromatic N) is 1. The van der Waals surface area contributed by atoms with E-state index in [4.69, 9.17) is 4.74 Å². The van der Waals surface area contributed by atoms with Gasteiger partial charge in [-0.05, 0) is 49.8 Å². The van der Waals surface area contributed by atoms with Crippen molar-refractivity contribution in [2.24, 2.45) is 5.92 Å². The van der Waals surface area contributed by atoms with Crippen LogP contribution in [0.25, 0.3) is 0 Å². The van der Waals surface area contributed by atoms with Crippen LogP contribution in [0.4, 0.5) is 0 Å². The maximum atomic E-state index is 12.5. The number of benzene rings is 1. The number of phenols is 1. The van der Waals surface area contributed by atoms with Crippen molar-refractivity contribution in [3.63, 3.8) is 0 Å². The number of ether oxygens (including phenoxy) is 1. The maximum Gasteiger partial charge on any atom is 0.342 e. The summed E-state index contributed by atoms with van der Waals surface area (Å²) < 4.78 is 5.81. The maximum absolute atomic E-state index is 12.5. The van der Waals surface area contributed by atoms with Gasteiger partial charge in [-0.25, -0.2) is 4.79 Å². The number of hydrogen-bond acceptors (Lipinski definition) is 4. The Kier molecular flexibility index (Phi) is 5.43. The SMILES string of the molecule is O=C(OCC(=O)N1CCC[C@H]2CCCC[C@@H]21)c1cc(Br)ccc1O. The number of carbonyl (C=O) groups is 2. The van der Waals surface area contributed by atoms with Crippen molar-refractivity contribution in [1.82, 2.24) is 4.90 Å². The Bertz CT molecular complexity index is 631. The zero-order valence-corrected chi connectivity index (χ0v) is 15.1. The highest BCUT2D eigenvalue weighted by molar-refractivity contribution is 9.10. The molecule has 1 saturated carbocycles. The molecule has 2 atom stereocenters. The van der Waals surface area contributed by atoms with Crippen LogP contribution in [-0.4, -0.2) is 41.1 Å². The first-order valence-electron chi connectivity index (χ1n) is 8.51. The van der Waals surface area contributed by atoms with Gasteiger partial charge in [0.15, 0.2) is 6.61 Å². The van der Waals surface area contributed by atoms with Gasteiger partial charge in [0.05, 0.1) is 0 Å². The van der Waals surface area contributed by atoms with Crippen molar-refractivity contribution < 1.29 is 19.4 Å². The first-order chi connectivity index (χ1) is 11.6. The van der Waals surface area contributed by atoms with E-state index in [-0.39, 0.29) is 23.8 Å². The predicted molar refractivity (Wildman–Crippen MR) is 92.8 cm³/mol. The summed E-state index contributed by atoms with van der Waals surface area (Å²) in [5.41, 5.74) is 0.0614. The largest absolute Gasteiger partial charge is 0.507 e. The second kappa shape index (κ2) is 7.55. The number of esters is 1. The van der Waals surface area contributed by atoms with Gasteiger partial charge < -0.3 is 14.7 Å². The molecule has 0 bridgehead atoms. The zero-order chi connectivity index (χ0) is 17.1. The summed E-state index contributed by atoms with van der Waals surface area (Å²) in [4.78, 5) is 26.5. The first kappa shape index (κ1) is 17.3. The van der Waals surface area contributed by atoms with Gasteiger partial charge >= 0.3 is 5.97 Å². The summed E-state index contributed by atoms with van der Waals surface area (Å²) in [5, 5.41) is 9.76. The monoisotopic (exact) mass is 395 g/mol. The molecule has 0 unspecified atom stereocenters. The molecule has 1 aromatic rings. The molecule has 5 nitrogen and oxygen atoms in total. The van der Waals surface area contributed by atoms with Crippen LogP contribution in [0.15, 0.2) is 22.7 Å². The third kappa shape index (κ3) is 3.74. The van der Waals surface area contributed by atoms with Gasteiger partial charge in [-0.1, -0.05) is 28.8 Å². The number of piperidine rings is 1. The molecule has 1 heterocycles. The van der Waals surface area contributed by atoms with E-state index in [0.717, 1.165) is 25.8 Å². The van der Waals surface area contributed by atoms with Crippen molar-refractivity contribution in [2.75, 3.05) is 13.2 Å². The Morgan fingerprint density at radius 2 is 1.96 bits per heavy atom. The van der Waals surface area contributed by atoms with Crippen LogP contribution in [0.3, 0.4) is 0 Å². The number of phenolic OH excluding ortho intramolecular Hbond substituents is 1. The van der Waals surface area contributed by atoms with Gasteiger partial charge in [0, 0.05) is 17.1 Å². The van der Waals surface area contributed by atoms with Crippen LogP contribution < -0.4 is 0 Å². The average Bonchev–Trinajstić information content (AvgIpc) is 2.61. The highest BCUT2D eigenvalue weighted by Gasteiger charge is 2.35. The molecular weight excluding hydrogens is 374 g/mol. The van der Waals surface area contributed by atoms with Gasteiger partial charge in [0.1, 0.15) is 11.3 Å². The molecule has 0 spiro atoms. The lowest BCUT2D eigenvalue weighted by Crippen LogP contribution is -2.50. The summed E-state index contributed by atoms with van der Waals surface area (Å²) in [6.07, 6.45) is 6.88. The molecule has 2 fully saturated rings. The summed E-state index contributed by atoms with van der Waals surface area (Å²) >= 11 is 3.25. The van der Waals surface area contributed by atoms with Crippen molar-refractivity contribution in [1.29, 1.82) is 0 Å². The number of likely N-dealkylation sites (tertiary alicyclic amines) is 1. The third-order valence-corrected chi connectivity index (χ3v) is 5.56. The quantitative estimate of drug-likeness (QED) is 0.795. The molecule has 1 aliphatic heterocycles. The highest BCUT2D eigenvalue weighted by Crippen LogP contribution is 2.35. The Labute approximate surface area is 150 Å². The van der Waals surface area contributed by atoms with Crippen molar-refractivity contribution in [2.45, 2.75) is 44.6 Å². The molecule has 1 aromatic carbocycles. The van der Waals surface area contributed by atoms with Crippen LogP contribution >= 0.6 is 15.9 Å². The Morgan fingerprint density at radius 1 is 1.21 bits per heavy atom. The topological polar surface area (TPSA) is 66.8 Å². The van der Waals surface area contributed by atoms with Gasteiger partial charge in [-0.15, -0.1) is 0 Å². The summed E-state index contributed by atoms with van der Waals surface area (Å²) in [6.45, 7) is 0.480. The lowest BCUT2D eigenvalue weighted by Gasteiger charge is -2.44. The normalized spacial score (nSPS) is 23.5. The third-order valence-electron chi connectivity index (χ3n) is 5.07. The minimum absolute atomic E-state index is 0.0614. The van der Waals surface area contributed by atoms with Gasteiger partial charge in [0.25, 0.3) is 5.91 Å². The molecule has 6 heteroatoms. The number of amides is 1.